The number of amides is 2. The van der Waals surface area contributed by atoms with E-state index < -0.39 is 6.10 Å². The summed E-state index contributed by atoms with van der Waals surface area (Å²) < 4.78 is 0. The van der Waals surface area contributed by atoms with Crippen LogP contribution in [0.3, 0.4) is 0 Å². The van der Waals surface area contributed by atoms with Crippen LogP contribution in [0.4, 0.5) is 4.79 Å². The van der Waals surface area contributed by atoms with Crippen LogP contribution < -0.4 is 10.6 Å². The fourth-order valence-electron chi connectivity index (χ4n) is 2.15. The first-order chi connectivity index (χ1) is 10.6. The molecule has 0 aliphatic carbocycles. The second-order valence-corrected chi connectivity index (χ2v) is 6.18. The number of aliphatic hydroxyl groups is 1. The number of aryl methyl sites for hydroxylation is 2. The van der Waals surface area contributed by atoms with Gasteiger partial charge in [-0.25, -0.2) is 9.78 Å². The molecule has 1 heterocycles. The Balaban J connectivity index is 1.70. The zero-order chi connectivity index (χ0) is 15.9. The monoisotopic (exact) mass is 319 g/mol. The third kappa shape index (κ3) is 4.82. The zero-order valence-electron chi connectivity index (χ0n) is 12.8. The molecule has 0 saturated heterocycles. The second kappa shape index (κ2) is 7.91. The second-order valence-electron chi connectivity index (χ2n) is 5.12. The highest BCUT2D eigenvalue weighted by atomic mass is 32.1. The summed E-state index contributed by atoms with van der Waals surface area (Å²) >= 11 is 1.60. The first-order valence-corrected chi connectivity index (χ1v) is 8.10. The van der Waals surface area contributed by atoms with Crippen molar-refractivity contribution in [3.05, 3.63) is 51.5 Å². The summed E-state index contributed by atoms with van der Waals surface area (Å²) in [6.45, 7) is 4.61. The minimum absolute atomic E-state index is 0.187. The van der Waals surface area contributed by atoms with Gasteiger partial charge in [-0.2, -0.15) is 0 Å². The van der Waals surface area contributed by atoms with Crippen molar-refractivity contribution in [2.75, 3.05) is 13.1 Å². The quantitative estimate of drug-likeness (QED) is 0.765. The van der Waals surface area contributed by atoms with E-state index in [2.05, 4.69) is 15.6 Å². The van der Waals surface area contributed by atoms with Crippen LogP contribution in [0.15, 0.2) is 29.6 Å². The number of hydrogen-bond acceptors (Lipinski definition) is 4. The van der Waals surface area contributed by atoms with E-state index in [9.17, 15) is 9.90 Å². The molecule has 0 radical (unpaired) electrons. The predicted molar refractivity (Wildman–Crippen MR) is 88.1 cm³/mol. The molecule has 6 heteroatoms. The summed E-state index contributed by atoms with van der Waals surface area (Å²) in [5, 5.41) is 18.6. The zero-order valence-corrected chi connectivity index (χ0v) is 13.6. The number of nitrogens with zero attached hydrogens (tertiary/aromatic N) is 1. The highest BCUT2D eigenvalue weighted by Gasteiger charge is 2.11. The summed E-state index contributed by atoms with van der Waals surface area (Å²) in [4.78, 5) is 16.0. The van der Waals surface area contributed by atoms with E-state index in [0.717, 1.165) is 21.8 Å². The number of rotatable bonds is 6. The predicted octanol–water partition coefficient (Wildman–Crippen LogP) is 2.34. The lowest BCUT2D eigenvalue weighted by Gasteiger charge is -2.14. The summed E-state index contributed by atoms with van der Waals surface area (Å²) in [5.41, 5.74) is 2.83. The van der Waals surface area contributed by atoms with Gasteiger partial charge in [0, 0.05) is 24.9 Å². The summed E-state index contributed by atoms with van der Waals surface area (Å²) in [6, 6.07) is 7.32. The Morgan fingerprint density at radius 1 is 1.32 bits per heavy atom. The van der Waals surface area contributed by atoms with E-state index in [1.807, 2.05) is 43.5 Å². The van der Waals surface area contributed by atoms with Crippen molar-refractivity contribution in [2.45, 2.75) is 26.4 Å². The van der Waals surface area contributed by atoms with Crippen molar-refractivity contribution in [2.24, 2.45) is 0 Å². The smallest absolute Gasteiger partial charge is 0.314 e. The first-order valence-electron chi connectivity index (χ1n) is 7.22. The molecule has 0 aliphatic heterocycles. The van der Waals surface area contributed by atoms with Gasteiger partial charge in [0.15, 0.2) is 0 Å². The molecule has 1 unspecified atom stereocenters. The molecule has 2 rings (SSSR count). The number of benzene rings is 1. The summed E-state index contributed by atoms with van der Waals surface area (Å²) in [6.07, 6.45) is 0.00566. The van der Waals surface area contributed by atoms with Crippen LogP contribution in [0.1, 0.15) is 27.9 Å². The van der Waals surface area contributed by atoms with Crippen LogP contribution in [-0.4, -0.2) is 29.2 Å². The van der Waals surface area contributed by atoms with E-state index in [0.29, 0.717) is 13.0 Å². The van der Waals surface area contributed by atoms with Gasteiger partial charge in [-0.15, -0.1) is 11.3 Å². The lowest BCUT2D eigenvalue weighted by Crippen LogP contribution is -2.38. The van der Waals surface area contributed by atoms with Crippen LogP contribution in [0.25, 0.3) is 0 Å². The number of urea groups is 1. The van der Waals surface area contributed by atoms with E-state index in [1.54, 1.807) is 11.3 Å². The molecule has 1 aromatic heterocycles. The topological polar surface area (TPSA) is 74.2 Å². The molecule has 22 heavy (non-hydrogen) atoms. The number of carbonyl (C=O) groups is 1. The summed E-state index contributed by atoms with van der Waals surface area (Å²) in [7, 11) is 0. The first kappa shape index (κ1) is 16.5. The van der Waals surface area contributed by atoms with E-state index in [4.69, 9.17) is 0 Å². The normalized spacial score (nSPS) is 12.0. The van der Waals surface area contributed by atoms with Gasteiger partial charge in [-0.1, -0.05) is 24.3 Å². The fourth-order valence-corrected chi connectivity index (χ4v) is 2.80. The maximum Gasteiger partial charge on any atom is 0.314 e. The molecule has 118 valence electrons. The Bertz CT molecular complexity index is 627. The minimum atomic E-state index is -0.701. The Hall–Kier alpha value is -1.92. The van der Waals surface area contributed by atoms with Crippen molar-refractivity contribution in [1.29, 1.82) is 0 Å². The number of thiazole rings is 1. The average Bonchev–Trinajstić information content (AvgIpc) is 2.91. The van der Waals surface area contributed by atoms with E-state index in [-0.39, 0.29) is 12.6 Å². The van der Waals surface area contributed by atoms with Gasteiger partial charge in [0.2, 0.25) is 0 Å². The van der Waals surface area contributed by atoms with Crippen molar-refractivity contribution in [1.82, 2.24) is 15.6 Å². The highest BCUT2D eigenvalue weighted by Crippen LogP contribution is 2.16. The number of hydrogen-bond donors (Lipinski definition) is 3. The maximum absolute atomic E-state index is 11.7. The van der Waals surface area contributed by atoms with Gasteiger partial charge in [0.1, 0.15) is 0 Å². The third-order valence-corrected chi connectivity index (χ3v) is 4.16. The van der Waals surface area contributed by atoms with Gasteiger partial charge < -0.3 is 15.7 Å². The van der Waals surface area contributed by atoms with Crippen LogP contribution in [-0.2, 0) is 6.42 Å². The Kier molecular flexibility index (Phi) is 5.91. The lowest BCUT2D eigenvalue weighted by atomic mass is 10.0. The molecule has 2 amide bonds. The van der Waals surface area contributed by atoms with Crippen LogP contribution in [0.5, 0.6) is 0 Å². The van der Waals surface area contributed by atoms with Gasteiger partial charge in [0.05, 0.1) is 16.8 Å². The van der Waals surface area contributed by atoms with Crippen molar-refractivity contribution < 1.29 is 9.90 Å². The number of nitrogens with one attached hydrogen (secondary N) is 2. The molecular weight excluding hydrogens is 298 g/mol. The summed E-state index contributed by atoms with van der Waals surface area (Å²) in [5.74, 6) is 0. The highest BCUT2D eigenvalue weighted by molar-refractivity contribution is 7.09. The van der Waals surface area contributed by atoms with Crippen LogP contribution in [0, 0.1) is 13.8 Å². The van der Waals surface area contributed by atoms with Crippen molar-refractivity contribution >= 4 is 17.4 Å². The molecule has 5 nitrogen and oxygen atoms in total. The van der Waals surface area contributed by atoms with E-state index >= 15 is 0 Å². The van der Waals surface area contributed by atoms with Gasteiger partial charge >= 0.3 is 6.03 Å². The number of aliphatic hydroxyl groups excluding tert-OH is 1. The van der Waals surface area contributed by atoms with Crippen LogP contribution in [0.2, 0.25) is 0 Å². The molecule has 1 atom stereocenters. The Morgan fingerprint density at radius 3 is 2.77 bits per heavy atom. The Morgan fingerprint density at radius 2 is 2.09 bits per heavy atom. The van der Waals surface area contributed by atoms with E-state index in [1.165, 1.54) is 0 Å². The van der Waals surface area contributed by atoms with Gasteiger partial charge in [0.25, 0.3) is 0 Å². The number of carbonyl (C=O) groups excluding carboxylic acids is 1. The average molecular weight is 319 g/mol. The molecule has 0 saturated carbocycles. The number of aromatic nitrogens is 1. The molecular formula is C16H21N3O2S. The van der Waals surface area contributed by atoms with Crippen molar-refractivity contribution in [3.8, 4) is 0 Å². The standard InChI is InChI=1S/C16H21N3O2S/c1-11-5-3-4-6-14(11)15(20)9-18-16(21)17-8-7-13-10-22-12(2)19-13/h3-6,10,15,20H,7-9H2,1-2H3,(H2,17,18,21). The van der Waals surface area contributed by atoms with Gasteiger partial charge in [-0.05, 0) is 25.0 Å². The third-order valence-electron chi connectivity index (χ3n) is 3.34. The molecule has 3 N–H and O–H groups in total. The largest absolute Gasteiger partial charge is 0.387 e. The molecule has 1 aromatic carbocycles. The fraction of sp³-hybridized carbons (Fsp3) is 0.375. The molecule has 0 fully saturated rings. The maximum atomic E-state index is 11.7. The molecule has 0 spiro atoms. The minimum Gasteiger partial charge on any atom is -0.387 e. The molecule has 0 bridgehead atoms. The SMILES string of the molecule is Cc1nc(CCNC(=O)NCC(O)c2ccccc2C)cs1. The van der Waals surface area contributed by atoms with Gasteiger partial charge in [-0.3, -0.25) is 0 Å². The molecule has 0 aliphatic rings. The lowest BCUT2D eigenvalue weighted by molar-refractivity contribution is 0.172. The van der Waals surface area contributed by atoms with Crippen LogP contribution >= 0.6 is 11.3 Å². The Labute approximate surface area is 134 Å². The molecule has 2 aromatic rings. The van der Waals surface area contributed by atoms with Crippen molar-refractivity contribution in [3.63, 3.8) is 0 Å².